The lowest BCUT2D eigenvalue weighted by Gasteiger charge is -2.10. The Hall–Kier alpha value is -1.09. The van der Waals surface area contributed by atoms with Crippen LogP contribution in [0.3, 0.4) is 0 Å². The van der Waals surface area contributed by atoms with Crippen molar-refractivity contribution in [1.29, 1.82) is 0 Å². The van der Waals surface area contributed by atoms with Crippen LogP contribution in [0.15, 0.2) is 36.4 Å². The summed E-state index contributed by atoms with van der Waals surface area (Å²) in [6.07, 6.45) is 2.47. The molecule has 2 aromatic rings. The Morgan fingerprint density at radius 2 is 1.85 bits per heavy atom. The summed E-state index contributed by atoms with van der Waals surface area (Å²) in [5, 5.41) is 4.43. The third-order valence-electron chi connectivity index (χ3n) is 3.42. The van der Waals surface area contributed by atoms with Crippen LogP contribution in [0.4, 0.5) is 4.39 Å². The minimum absolute atomic E-state index is 0.274. The van der Waals surface area contributed by atoms with Crippen molar-refractivity contribution >= 4 is 23.2 Å². The number of halogens is 3. The highest BCUT2D eigenvalue weighted by Crippen LogP contribution is 2.32. The number of rotatable bonds is 4. The zero-order valence-corrected chi connectivity index (χ0v) is 12.3. The third kappa shape index (κ3) is 3.14. The molecule has 1 saturated carbocycles. The van der Waals surface area contributed by atoms with Crippen LogP contribution in [0.25, 0.3) is 11.1 Å². The Balaban J connectivity index is 1.92. The summed E-state index contributed by atoms with van der Waals surface area (Å²) in [7, 11) is 0. The van der Waals surface area contributed by atoms with Crippen molar-refractivity contribution in [3.63, 3.8) is 0 Å². The summed E-state index contributed by atoms with van der Waals surface area (Å²) in [6, 6.07) is 10.9. The van der Waals surface area contributed by atoms with E-state index in [2.05, 4.69) is 5.32 Å². The molecule has 20 heavy (non-hydrogen) atoms. The average molecular weight is 310 g/mol. The quantitative estimate of drug-likeness (QED) is 0.833. The monoisotopic (exact) mass is 309 g/mol. The molecule has 1 aliphatic carbocycles. The Kier molecular flexibility index (Phi) is 3.97. The topological polar surface area (TPSA) is 12.0 Å². The van der Waals surface area contributed by atoms with Gasteiger partial charge in [0.25, 0.3) is 0 Å². The first-order valence-corrected chi connectivity index (χ1v) is 7.36. The highest BCUT2D eigenvalue weighted by Gasteiger charge is 2.20. The van der Waals surface area contributed by atoms with Crippen LogP contribution >= 0.6 is 23.2 Å². The van der Waals surface area contributed by atoms with Gasteiger partial charge in [0, 0.05) is 33.8 Å². The molecule has 0 heterocycles. The van der Waals surface area contributed by atoms with Gasteiger partial charge in [-0.2, -0.15) is 0 Å². The van der Waals surface area contributed by atoms with Crippen molar-refractivity contribution in [2.45, 2.75) is 25.4 Å². The molecule has 1 fully saturated rings. The molecule has 0 spiro atoms. The fraction of sp³-hybridized carbons (Fsp3) is 0.250. The molecule has 1 N–H and O–H groups in total. The van der Waals surface area contributed by atoms with Gasteiger partial charge < -0.3 is 5.32 Å². The predicted molar refractivity (Wildman–Crippen MR) is 81.7 cm³/mol. The lowest BCUT2D eigenvalue weighted by Crippen LogP contribution is -2.15. The standard InChI is InChI=1S/C16H14Cl2FN/c17-11-2-5-13(15(18)8-11)14-7-10(1-6-16(14)19)9-20-12-3-4-12/h1-2,5-8,12,20H,3-4,9H2. The highest BCUT2D eigenvalue weighted by atomic mass is 35.5. The first kappa shape index (κ1) is 13.9. The van der Waals surface area contributed by atoms with E-state index >= 15 is 0 Å². The summed E-state index contributed by atoms with van der Waals surface area (Å²) in [5.41, 5.74) is 2.24. The van der Waals surface area contributed by atoms with Gasteiger partial charge in [0.1, 0.15) is 5.82 Å². The van der Waals surface area contributed by atoms with E-state index in [0.29, 0.717) is 27.2 Å². The maximum atomic E-state index is 14.0. The lowest BCUT2D eigenvalue weighted by atomic mass is 10.0. The summed E-state index contributed by atoms with van der Waals surface area (Å²) < 4.78 is 14.0. The zero-order valence-electron chi connectivity index (χ0n) is 10.8. The second kappa shape index (κ2) is 5.72. The molecule has 4 heteroatoms. The van der Waals surface area contributed by atoms with E-state index in [1.165, 1.54) is 18.9 Å². The summed E-state index contributed by atoms with van der Waals surface area (Å²) in [5.74, 6) is -0.274. The molecule has 104 valence electrons. The van der Waals surface area contributed by atoms with E-state index in [0.717, 1.165) is 12.1 Å². The van der Waals surface area contributed by atoms with Crippen molar-refractivity contribution in [3.05, 3.63) is 57.8 Å². The Morgan fingerprint density at radius 1 is 1.05 bits per heavy atom. The lowest BCUT2D eigenvalue weighted by molar-refractivity contribution is 0.628. The molecule has 1 nitrogen and oxygen atoms in total. The van der Waals surface area contributed by atoms with Crippen LogP contribution in [-0.4, -0.2) is 6.04 Å². The van der Waals surface area contributed by atoms with Crippen LogP contribution in [0, 0.1) is 5.82 Å². The molecule has 0 radical (unpaired) electrons. The number of benzene rings is 2. The second-order valence-corrected chi connectivity index (χ2v) is 5.94. The maximum Gasteiger partial charge on any atom is 0.131 e. The summed E-state index contributed by atoms with van der Waals surface area (Å²) >= 11 is 12.0. The van der Waals surface area contributed by atoms with Crippen LogP contribution in [-0.2, 0) is 6.54 Å². The van der Waals surface area contributed by atoms with E-state index in [-0.39, 0.29) is 5.82 Å². The van der Waals surface area contributed by atoms with Crippen LogP contribution < -0.4 is 5.32 Å². The Bertz CT molecular complexity index is 638. The van der Waals surface area contributed by atoms with Gasteiger partial charge >= 0.3 is 0 Å². The highest BCUT2D eigenvalue weighted by molar-refractivity contribution is 6.36. The van der Waals surface area contributed by atoms with Gasteiger partial charge in [0.15, 0.2) is 0 Å². The molecule has 1 aliphatic rings. The van der Waals surface area contributed by atoms with Crippen molar-refractivity contribution in [1.82, 2.24) is 5.32 Å². The molecule has 0 saturated heterocycles. The predicted octanol–water partition coefficient (Wildman–Crippen LogP) is 5.05. The average Bonchev–Trinajstić information content (AvgIpc) is 3.22. The maximum absolute atomic E-state index is 14.0. The molecule has 0 amide bonds. The zero-order chi connectivity index (χ0) is 14.1. The SMILES string of the molecule is Fc1ccc(CNC2CC2)cc1-c1ccc(Cl)cc1Cl. The van der Waals surface area contributed by atoms with E-state index < -0.39 is 0 Å². The first-order chi connectivity index (χ1) is 9.63. The van der Waals surface area contributed by atoms with Crippen LogP contribution in [0.1, 0.15) is 18.4 Å². The van der Waals surface area contributed by atoms with Gasteiger partial charge in [0.05, 0.1) is 0 Å². The van der Waals surface area contributed by atoms with Gasteiger partial charge in [-0.1, -0.05) is 35.3 Å². The largest absolute Gasteiger partial charge is 0.310 e. The Morgan fingerprint density at radius 3 is 2.55 bits per heavy atom. The van der Waals surface area contributed by atoms with E-state index in [4.69, 9.17) is 23.2 Å². The number of hydrogen-bond donors (Lipinski definition) is 1. The van der Waals surface area contributed by atoms with Gasteiger partial charge in [-0.05, 0) is 42.7 Å². The molecule has 3 rings (SSSR count). The van der Waals surface area contributed by atoms with E-state index in [9.17, 15) is 4.39 Å². The third-order valence-corrected chi connectivity index (χ3v) is 3.97. The summed E-state index contributed by atoms with van der Waals surface area (Å²) in [6.45, 7) is 0.753. The molecule has 0 unspecified atom stereocenters. The molecular formula is C16H14Cl2FN. The molecule has 0 aliphatic heterocycles. The molecule has 0 aromatic heterocycles. The smallest absolute Gasteiger partial charge is 0.131 e. The normalized spacial score (nSPS) is 14.6. The molecule has 2 aromatic carbocycles. The van der Waals surface area contributed by atoms with Gasteiger partial charge in [0.2, 0.25) is 0 Å². The van der Waals surface area contributed by atoms with Crippen molar-refractivity contribution in [3.8, 4) is 11.1 Å². The fourth-order valence-electron chi connectivity index (χ4n) is 2.15. The van der Waals surface area contributed by atoms with Crippen LogP contribution in [0.2, 0.25) is 10.0 Å². The first-order valence-electron chi connectivity index (χ1n) is 6.61. The summed E-state index contributed by atoms with van der Waals surface area (Å²) in [4.78, 5) is 0. The second-order valence-electron chi connectivity index (χ2n) is 5.09. The van der Waals surface area contributed by atoms with Crippen molar-refractivity contribution in [2.75, 3.05) is 0 Å². The fourth-order valence-corrected chi connectivity index (χ4v) is 2.66. The van der Waals surface area contributed by atoms with Gasteiger partial charge in [-0.25, -0.2) is 4.39 Å². The van der Waals surface area contributed by atoms with Crippen LogP contribution in [0.5, 0.6) is 0 Å². The van der Waals surface area contributed by atoms with E-state index in [1.54, 1.807) is 24.3 Å². The molecular weight excluding hydrogens is 296 g/mol. The van der Waals surface area contributed by atoms with E-state index in [1.807, 2.05) is 6.07 Å². The van der Waals surface area contributed by atoms with Gasteiger partial charge in [-0.3, -0.25) is 0 Å². The number of nitrogens with one attached hydrogen (secondary N) is 1. The minimum Gasteiger partial charge on any atom is -0.310 e. The minimum atomic E-state index is -0.274. The van der Waals surface area contributed by atoms with Crippen molar-refractivity contribution in [2.24, 2.45) is 0 Å². The molecule has 0 bridgehead atoms. The molecule has 0 atom stereocenters. The number of hydrogen-bond acceptors (Lipinski definition) is 1. The van der Waals surface area contributed by atoms with Gasteiger partial charge in [-0.15, -0.1) is 0 Å². The Labute approximate surface area is 127 Å². The van der Waals surface area contributed by atoms with Crippen molar-refractivity contribution < 1.29 is 4.39 Å².